The normalized spacial score (nSPS) is 35.8. The van der Waals surface area contributed by atoms with Gasteiger partial charge in [0.25, 0.3) is 0 Å². The molecule has 1 aliphatic carbocycles. The first-order valence-corrected chi connectivity index (χ1v) is 10.8. The van der Waals surface area contributed by atoms with E-state index in [9.17, 15) is 9.59 Å². The van der Waals surface area contributed by atoms with Crippen LogP contribution < -0.4 is 5.32 Å². The molecule has 1 amide bonds. The van der Waals surface area contributed by atoms with Gasteiger partial charge in [0, 0.05) is 13.5 Å². The Balaban J connectivity index is 1.53. The van der Waals surface area contributed by atoms with E-state index in [4.69, 9.17) is 28.7 Å². The van der Waals surface area contributed by atoms with Crippen molar-refractivity contribution in [2.75, 3.05) is 20.3 Å². The molecular weight excluding hydrogens is 394 g/mol. The SMILES string of the molecule is CO[C@H]1O[C@@]2(C)CC[C@H]3CCC[C@@H](CCOC(=O)CNC(=O)OC(C)(C)C)[C@]31OO2. The second-order valence-corrected chi connectivity index (χ2v) is 9.57. The van der Waals surface area contributed by atoms with Crippen molar-refractivity contribution in [2.24, 2.45) is 11.8 Å². The van der Waals surface area contributed by atoms with Crippen molar-refractivity contribution in [3.8, 4) is 0 Å². The minimum atomic E-state index is -0.798. The van der Waals surface area contributed by atoms with E-state index in [0.717, 1.165) is 32.1 Å². The summed E-state index contributed by atoms with van der Waals surface area (Å²) in [5, 5.41) is 2.41. The van der Waals surface area contributed by atoms with Crippen LogP contribution in [0.1, 0.15) is 66.2 Å². The molecule has 4 rings (SSSR count). The number of methoxy groups -OCH3 is 1. The molecule has 3 saturated heterocycles. The third-order valence-electron chi connectivity index (χ3n) is 6.13. The fourth-order valence-corrected chi connectivity index (χ4v) is 4.79. The van der Waals surface area contributed by atoms with E-state index < -0.39 is 35.3 Å². The monoisotopic (exact) mass is 429 g/mol. The molecule has 3 heterocycles. The molecular formula is C21H35NO8. The molecule has 5 atom stereocenters. The lowest BCUT2D eigenvalue weighted by molar-refractivity contribution is -0.554. The fourth-order valence-electron chi connectivity index (χ4n) is 4.79. The molecule has 1 saturated carbocycles. The molecule has 4 aliphatic rings. The number of carbonyl (C=O) groups excluding carboxylic acids is 2. The van der Waals surface area contributed by atoms with Crippen LogP contribution in [-0.4, -0.2) is 55.6 Å². The number of carbonyl (C=O) groups is 2. The Morgan fingerprint density at radius 1 is 1.17 bits per heavy atom. The van der Waals surface area contributed by atoms with Gasteiger partial charge in [-0.3, -0.25) is 4.79 Å². The second-order valence-electron chi connectivity index (χ2n) is 9.57. The molecule has 1 N–H and O–H groups in total. The van der Waals surface area contributed by atoms with Crippen LogP contribution in [0, 0.1) is 11.8 Å². The summed E-state index contributed by atoms with van der Waals surface area (Å²) in [5.74, 6) is -0.988. The van der Waals surface area contributed by atoms with Gasteiger partial charge in [-0.1, -0.05) is 6.42 Å². The van der Waals surface area contributed by atoms with Crippen molar-refractivity contribution >= 4 is 12.1 Å². The van der Waals surface area contributed by atoms with E-state index in [1.54, 1.807) is 27.9 Å². The van der Waals surface area contributed by atoms with Crippen LogP contribution in [0.4, 0.5) is 4.79 Å². The number of hydrogen-bond donors (Lipinski definition) is 1. The summed E-state index contributed by atoms with van der Waals surface area (Å²) >= 11 is 0. The van der Waals surface area contributed by atoms with Crippen molar-refractivity contribution < 1.29 is 38.3 Å². The number of fused-ring (bicyclic) bond motifs is 3. The van der Waals surface area contributed by atoms with Crippen LogP contribution in [0.5, 0.6) is 0 Å². The molecule has 0 aromatic heterocycles. The van der Waals surface area contributed by atoms with Crippen LogP contribution >= 0.6 is 0 Å². The first-order valence-electron chi connectivity index (χ1n) is 10.8. The van der Waals surface area contributed by atoms with Crippen molar-refractivity contribution in [3.05, 3.63) is 0 Å². The molecule has 9 heteroatoms. The first kappa shape index (κ1) is 23.2. The summed E-state index contributed by atoms with van der Waals surface area (Å²) in [6.45, 7) is 7.11. The van der Waals surface area contributed by atoms with Gasteiger partial charge in [0.15, 0.2) is 11.9 Å². The summed E-state index contributed by atoms with van der Waals surface area (Å²) in [7, 11) is 1.62. The number of ether oxygens (including phenoxy) is 4. The highest BCUT2D eigenvalue weighted by Gasteiger charge is 2.63. The number of rotatable bonds is 6. The number of esters is 1. The van der Waals surface area contributed by atoms with Crippen LogP contribution in [0.25, 0.3) is 0 Å². The molecule has 0 aromatic rings. The van der Waals surface area contributed by atoms with E-state index in [0.29, 0.717) is 6.42 Å². The largest absolute Gasteiger partial charge is 0.464 e. The quantitative estimate of drug-likeness (QED) is 0.508. The smallest absolute Gasteiger partial charge is 0.408 e. The van der Waals surface area contributed by atoms with E-state index in [1.165, 1.54) is 0 Å². The molecule has 1 spiro atoms. The van der Waals surface area contributed by atoms with Crippen LogP contribution in [-0.2, 0) is 33.5 Å². The maximum atomic E-state index is 12.0. The average Bonchev–Trinajstić information content (AvgIpc) is 2.90. The molecule has 4 fully saturated rings. The van der Waals surface area contributed by atoms with Crippen LogP contribution in [0.2, 0.25) is 0 Å². The van der Waals surface area contributed by atoms with Gasteiger partial charge in [-0.2, -0.15) is 0 Å². The Morgan fingerprint density at radius 3 is 2.63 bits per heavy atom. The lowest BCUT2D eigenvalue weighted by atomic mass is 9.65. The third kappa shape index (κ3) is 5.07. The molecule has 9 nitrogen and oxygen atoms in total. The molecule has 0 unspecified atom stereocenters. The van der Waals surface area contributed by atoms with Gasteiger partial charge in [-0.05, 0) is 65.2 Å². The molecule has 3 aliphatic heterocycles. The summed E-state index contributed by atoms with van der Waals surface area (Å²) < 4.78 is 22.3. The van der Waals surface area contributed by atoms with E-state index in [-0.39, 0.29) is 25.0 Å². The Hall–Kier alpha value is -1.42. The van der Waals surface area contributed by atoms with Gasteiger partial charge in [0.2, 0.25) is 5.79 Å². The second kappa shape index (κ2) is 8.98. The van der Waals surface area contributed by atoms with E-state index in [1.807, 2.05) is 6.92 Å². The van der Waals surface area contributed by atoms with Crippen LogP contribution in [0.15, 0.2) is 0 Å². The maximum Gasteiger partial charge on any atom is 0.408 e. The third-order valence-corrected chi connectivity index (χ3v) is 6.13. The van der Waals surface area contributed by atoms with Crippen molar-refractivity contribution in [1.29, 1.82) is 0 Å². The first-order chi connectivity index (χ1) is 14.1. The van der Waals surface area contributed by atoms with Crippen molar-refractivity contribution in [3.63, 3.8) is 0 Å². The lowest BCUT2D eigenvalue weighted by Crippen LogP contribution is -2.63. The summed E-state index contributed by atoms with van der Waals surface area (Å²) in [6, 6.07) is 0. The van der Waals surface area contributed by atoms with Gasteiger partial charge in [0.05, 0.1) is 6.61 Å². The molecule has 172 valence electrons. The van der Waals surface area contributed by atoms with E-state index in [2.05, 4.69) is 5.32 Å². The Kier molecular flexibility index (Phi) is 6.96. The number of hydrogen-bond acceptors (Lipinski definition) is 8. The summed E-state index contributed by atoms with van der Waals surface area (Å²) in [4.78, 5) is 35.4. The highest BCUT2D eigenvalue weighted by molar-refractivity contribution is 5.77. The molecule has 0 aromatic carbocycles. The topological polar surface area (TPSA) is 102 Å². The fraction of sp³-hybridized carbons (Fsp3) is 0.905. The van der Waals surface area contributed by atoms with Crippen molar-refractivity contribution in [1.82, 2.24) is 5.32 Å². The lowest BCUT2D eigenvalue weighted by Gasteiger charge is -2.53. The standard InChI is InChI=1S/C21H35NO8/c1-19(2,3)28-18(24)22-13-16(23)26-12-10-15-8-6-7-14-9-11-20(4)27-17(25-5)21(14,15)30-29-20/h14-15,17H,6-13H2,1-5H3,(H,22,24)/t14-,15+,17+,20-,21-/m1/s1. The molecule has 0 radical (unpaired) electrons. The highest BCUT2D eigenvalue weighted by atomic mass is 17.3. The number of nitrogens with one attached hydrogen (secondary N) is 1. The minimum Gasteiger partial charge on any atom is -0.464 e. The zero-order valence-electron chi connectivity index (χ0n) is 18.7. The zero-order valence-corrected chi connectivity index (χ0v) is 18.7. The predicted octanol–water partition coefficient (Wildman–Crippen LogP) is 3.06. The maximum absolute atomic E-state index is 12.0. The number of alkyl carbamates (subject to hydrolysis) is 1. The van der Waals surface area contributed by atoms with E-state index >= 15 is 0 Å². The van der Waals surface area contributed by atoms with Gasteiger partial charge < -0.3 is 24.3 Å². The van der Waals surface area contributed by atoms with Gasteiger partial charge in [-0.25, -0.2) is 14.6 Å². The summed E-state index contributed by atoms with van der Waals surface area (Å²) in [5.41, 5.74) is -1.33. The Labute approximate surface area is 178 Å². The molecule has 30 heavy (non-hydrogen) atoms. The average molecular weight is 430 g/mol. The Morgan fingerprint density at radius 2 is 1.93 bits per heavy atom. The van der Waals surface area contributed by atoms with Gasteiger partial charge in [0.1, 0.15) is 12.1 Å². The predicted molar refractivity (Wildman–Crippen MR) is 105 cm³/mol. The highest BCUT2D eigenvalue weighted by Crippen LogP contribution is 2.55. The zero-order chi connectivity index (χ0) is 22.0. The van der Waals surface area contributed by atoms with Gasteiger partial charge in [-0.15, -0.1) is 0 Å². The van der Waals surface area contributed by atoms with Crippen molar-refractivity contribution in [2.45, 2.75) is 89.5 Å². The minimum absolute atomic E-state index is 0.0652. The Bertz CT molecular complexity index is 635. The summed E-state index contributed by atoms with van der Waals surface area (Å²) in [6.07, 6.45) is 4.11. The van der Waals surface area contributed by atoms with Crippen LogP contribution in [0.3, 0.4) is 0 Å². The number of amides is 1. The van der Waals surface area contributed by atoms with Gasteiger partial charge >= 0.3 is 12.1 Å². The molecule has 2 bridgehead atoms.